The maximum absolute atomic E-state index is 11.3. The summed E-state index contributed by atoms with van der Waals surface area (Å²) in [6, 6.07) is -0.341. The van der Waals surface area contributed by atoms with Crippen molar-refractivity contribution >= 4 is 15.7 Å². The van der Waals surface area contributed by atoms with Gasteiger partial charge in [0.15, 0.2) is 0 Å². The largest absolute Gasteiger partial charge is 0.347 e. The summed E-state index contributed by atoms with van der Waals surface area (Å²) < 4.78 is 21.6. The summed E-state index contributed by atoms with van der Waals surface area (Å²) in [6.45, 7) is 2.02. The van der Waals surface area contributed by atoms with E-state index in [9.17, 15) is 13.2 Å². The predicted molar refractivity (Wildman–Crippen MR) is 55.9 cm³/mol. The van der Waals surface area contributed by atoms with E-state index >= 15 is 0 Å². The molecule has 0 saturated carbocycles. The molecule has 0 aromatic carbocycles. The zero-order valence-corrected chi connectivity index (χ0v) is 9.89. The van der Waals surface area contributed by atoms with E-state index < -0.39 is 9.84 Å². The number of amides is 1. The summed E-state index contributed by atoms with van der Waals surface area (Å²) in [5.74, 6) is -0.00332. The Labute approximate surface area is 85.4 Å². The molecule has 1 N–H and O–H groups in total. The Morgan fingerprint density at radius 2 is 1.93 bits per heavy atom. The fourth-order valence-corrected chi connectivity index (χ4v) is 1.42. The van der Waals surface area contributed by atoms with E-state index in [1.807, 2.05) is 0 Å². The van der Waals surface area contributed by atoms with E-state index in [4.69, 9.17) is 0 Å². The van der Waals surface area contributed by atoms with Crippen molar-refractivity contribution in [3.05, 3.63) is 0 Å². The van der Waals surface area contributed by atoms with Gasteiger partial charge in [-0.1, -0.05) is 0 Å². The van der Waals surface area contributed by atoms with Crippen LogP contribution >= 0.6 is 0 Å². The predicted octanol–water partition coefficient (Wildman–Crippen LogP) is -0.903. The average Bonchev–Trinajstić information content (AvgIpc) is 2.00. The van der Waals surface area contributed by atoms with E-state index in [-0.39, 0.29) is 17.7 Å². The van der Waals surface area contributed by atoms with Crippen LogP contribution in [0.2, 0.25) is 0 Å². The quantitative estimate of drug-likeness (QED) is 0.654. The van der Waals surface area contributed by atoms with Crippen LogP contribution in [0.5, 0.6) is 0 Å². The number of sulfone groups is 1. The lowest BCUT2D eigenvalue weighted by Crippen LogP contribution is -2.42. The molecule has 0 aromatic heterocycles. The van der Waals surface area contributed by atoms with Crippen LogP contribution in [0.3, 0.4) is 0 Å². The summed E-state index contributed by atoms with van der Waals surface area (Å²) in [7, 11) is 0.374. The Kier molecular flexibility index (Phi) is 5.07. The number of hydrogen-bond acceptors (Lipinski definition) is 4. The van der Waals surface area contributed by atoms with Crippen molar-refractivity contribution in [2.24, 2.45) is 0 Å². The standard InChI is InChI=1S/C8H18N2O3S/c1-7(8(11)10(2)3)9-5-6-14(4,12)13/h7,9H,5-6H2,1-4H3. The topological polar surface area (TPSA) is 66.5 Å². The lowest BCUT2D eigenvalue weighted by atomic mass is 10.3. The molecule has 0 fully saturated rings. The highest BCUT2D eigenvalue weighted by Crippen LogP contribution is 1.89. The maximum atomic E-state index is 11.3. The van der Waals surface area contributed by atoms with E-state index in [0.29, 0.717) is 6.54 Å². The second-order valence-electron chi connectivity index (χ2n) is 3.54. The molecule has 0 aliphatic carbocycles. The third-order valence-electron chi connectivity index (χ3n) is 1.73. The molecule has 0 spiro atoms. The van der Waals surface area contributed by atoms with Crippen LogP contribution in [0.25, 0.3) is 0 Å². The van der Waals surface area contributed by atoms with Crippen LogP contribution in [0, 0.1) is 0 Å². The number of nitrogens with zero attached hydrogens (tertiary/aromatic N) is 1. The van der Waals surface area contributed by atoms with Gasteiger partial charge in [0.05, 0.1) is 11.8 Å². The third-order valence-corrected chi connectivity index (χ3v) is 2.68. The minimum absolute atomic E-state index is 0.0536. The minimum atomic E-state index is -2.95. The van der Waals surface area contributed by atoms with Crippen LogP contribution < -0.4 is 5.32 Å². The molecule has 1 unspecified atom stereocenters. The van der Waals surface area contributed by atoms with Crippen LogP contribution in [-0.4, -0.2) is 57.9 Å². The highest BCUT2D eigenvalue weighted by molar-refractivity contribution is 7.90. The first kappa shape index (κ1) is 13.4. The highest BCUT2D eigenvalue weighted by atomic mass is 32.2. The second-order valence-corrected chi connectivity index (χ2v) is 5.80. The third kappa shape index (κ3) is 5.93. The SMILES string of the molecule is CC(NCCS(C)(=O)=O)C(=O)N(C)C. The smallest absolute Gasteiger partial charge is 0.238 e. The van der Waals surface area contributed by atoms with Gasteiger partial charge in [-0.25, -0.2) is 8.42 Å². The molecule has 0 radical (unpaired) electrons. The zero-order valence-electron chi connectivity index (χ0n) is 9.07. The molecule has 6 heteroatoms. The zero-order chi connectivity index (χ0) is 11.4. The first-order chi connectivity index (χ1) is 6.24. The van der Waals surface area contributed by atoms with Gasteiger partial charge in [-0.3, -0.25) is 4.79 Å². The molecule has 5 nitrogen and oxygen atoms in total. The van der Waals surface area contributed by atoms with E-state index in [1.54, 1.807) is 21.0 Å². The number of carbonyl (C=O) groups is 1. The Morgan fingerprint density at radius 1 is 1.43 bits per heavy atom. The van der Waals surface area contributed by atoms with E-state index in [2.05, 4.69) is 5.32 Å². The second kappa shape index (κ2) is 5.31. The van der Waals surface area contributed by atoms with Gasteiger partial charge in [0, 0.05) is 26.9 Å². The summed E-state index contributed by atoms with van der Waals surface area (Å²) in [4.78, 5) is 12.8. The normalized spacial score (nSPS) is 13.7. The minimum Gasteiger partial charge on any atom is -0.347 e. The molecule has 1 atom stereocenters. The monoisotopic (exact) mass is 222 g/mol. The fourth-order valence-electron chi connectivity index (χ4n) is 0.935. The lowest BCUT2D eigenvalue weighted by molar-refractivity contribution is -0.130. The Hall–Kier alpha value is -0.620. The first-order valence-corrected chi connectivity index (χ1v) is 6.42. The van der Waals surface area contributed by atoms with Gasteiger partial charge < -0.3 is 10.2 Å². The fraction of sp³-hybridized carbons (Fsp3) is 0.875. The molecule has 0 heterocycles. The van der Waals surface area contributed by atoms with Crippen LogP contribution in [0.4, 0.5) is 0 Å². The van der Waals surface area contributed by atoms with Crippen molar-refractivity contribution in [1.82, 2.24) is 10.2 Å². The molecule has 14 heavy (non-hydrogen) atoms. The molecule has 1 amide bonds. The van der Waals surface area contributed by atoms with Gasteiger partial charge in [-0.05, 0) is 6.92 Å². The maximum Gasteiger partial charge on any atom is 0.238 e. The van der Waals surface area contributed by atoms with Gasteiger partial charge in [-0.15, -0.1) is 0 Å². The lowest BCUT2D eigenvalue weighted by Gasteiger charge is -2.17. The molecular formula is C8H18N2O3S. The van der Waals surface area contributed by atoms with Crippen molar-refractivity contribution in [1.29, 1.82) is 0 Å². The summed E-state index contributed by atoms with van der Waals surface area (Å²) in [6.07, 6.45) is 1.17. The highest BCUT2D eigenvalue weighted by Gasteiger charge is 2.14. The number of nitrogens with one attached hydrogen (secondary N) is 1. The molecule has 0 aromatic rings. The van der Waals surface area contributed by atoms with Crippen molar-refractivity contribution in [3.8, 4) is 0 Å². The Morgan fingerprint density at radius 3 is 2.29 bits per heavy atom. The number of rotatable bonds is 5. The van der Waals surface area contributed by atoms with Crippen LogP contribution in [0.15, 0.2) is 0 Å². The summed E-state index contributed by atoms with van der Waals surface area (Å²) in [5, 5.41) is 2.85. The van der Waals surface area contributed by atoms with Crippen molar-refractivity contribution < 1.29 is 13.2 Å². The molecule has 0 bridgehead atoms. The van der Waals surface area contributed by atoms with Crippen LogP contribution in [0.1, 0.15) is 6.92 Å². The molecule has 84 valence electrons. The number of hydrogen-bond donors (Lipinski definition) is 1. The van der Waals surface area contributed by atoms with Crippen molar-refractivity contribution in [3.63, 3.8) is 0 Å². The summed E-state index contributed by atoms with van der Waals surface area (Å²) >= 11 is 0. The van der Waals surface area contributed by atoms with Gasteiger partial charge in [-0.2, -0.15) is 0 Å². The van der Waals surface area contributed by atoms with Crippen molar-refractivity contribution in [2.45, 2.75) is 13.0 Å². The number of carbonyl (C=O) groups excluding carboxylic acids is 1. The van der Waals surface area contributed by atoms with Gasteiger partial charge in [0.25, 0.3) is 0 Å². The molecular weight excluding hydrogens is 204 g/mol. The molecule has 0 aliphatic rings. The van der Waals surface area contributed by atoms with Gasteiger partial charge in [0.2, 0.25) is 5.91 Å². The Balaban J connectivity index is 3.86. The molecule has 0 aliphatic heterocycles. The van der Waals surface area contributed by atoms with E-state index in [1.165, 1.54) is 11.2 Å². The van der Waals surface area contributed by atoms with Crippen molar-refractivity contribution in [2.75, 3.05) is 32.6 Å². The summed E-state index contributed by atoms with van der Waals surface area (Å²) in [5.41, 5.74) is 0. The average molecular weight is 222 g/mol. The molecule has 0 saturated heterocycles. The van der Waals surface area contributed by atoms with E-state index in [0.717, 1.165) is 0 Å². The Bertz CT molecular complexity index is 285. The van der Waals surface area contributed by atoms with Gasteiger partial charge in [0.1, 0.15) is 9.84 Å². The van der Waals surface area contributed by atoms with Gasteiger partial charge >= 0.3 is 0 Å². The number of likely N-dealkylation sites (N-methyl/N-ethyl adjacent to an activating group) is 1. The van der Waals surface area contributed by atoms with Crippen LogP contribution in [-0.2, 0) is 14.6 Å². The first-order valence-electron chi connectivity index (χ1n) is 4.36. The molecule has 0 rings (SSSR count).